The summed E-state index contributed by atoms with van der Waals surface area (Å²) in [6, 6.07) is 14.3. The van der Waals surface area contributed by atoms with Crippen LogP contribution < -0.4 is 10.8 Å². The van der Waals surface area contributed by atoms with Gasteiger partial charge in [-0.05, 0) is 40.6 Å². The highest BCUT2D eigenvalue weighted by atomic mass is 32.1. The number of anilines is 1. The third kappa shape index (κ3) is 3.39. The summed E-state index contributed by atoms with van der Waals surface area (Å²) < 4.78 is 1.10. The van der Waals surface area contributed by atoms with Gasteiger partial charge in [-0.15, -0.1) is 22.7 Å². The fourth-order valence-corrected chi connectivity index (χ4v) is 4.55. The minimum atomic E-state index is -1.09. The second kappa shape index (κ2) is 7.02. The highest BCUT2D eigenvalue weighted by Crippen LogP contribution is 2.35. The number of rotatable bonds is 4. The molecule has 4 nitrogen and oxygen atoms in total. The zero-order valence-electron chi connectivity index (χ0n) is 13.9. The number of amides is 1. The minimum absolute atomic E-state index is 0.0785. The van der Waals surface area contributed by atoms with E-state index in [0.717, 1.165) is 15.6 Å². The third-order valence-corrected chi connectivity index (χ3v) is 5.96. The first kappa shape index (κ1) is 17.5. The van der Waals surface area contributed by atoms with Crippen LogP contribution in [0.1, 0.15) is 20.7 Å². The molecule has 2 aromatic carbocycles. The maximum atomic E-state index is 12.6. The van der Waals surface area contributed by atoms with E-state index in [1.807, 2.05) is 17.5 Å². The zero-order valence-corrected chi connectivity index (χ0v) is 15.6. The molecule has 4 rings (SSSR count). The summed E-state index contributed by atoms with van der Waals surface area (Å²) in [7, 11) is 5.70. The molecule has 0 unspecified atom stereocenters. The van der Waals surface area contributed by atoms with Crippen LogP contribution in [0.15, 0.2) is 59.3 Å². The number of fused-ring (bicyclic) bond motifs is 1. The topological polar surface area (TPSA) is 66.4 Å². The molecular formula is C20H12BNO3S2. The average molecular weight is 389 g/mol. The Morgan fingerprint density at radius 2 is 1.78 bits per heavy atom. The van der Waals surface area contributed by atoms with Crippen LogP contribution >= 0.6 is 22.7 Å². The molecule has 0 spiro atoms. The van der Waals surface area contributed by atoms with Gasteiger partial charge in [0.1, 0.15) is 18.4 Å². The molecule has 0 fully saturated rings. The lowest BCUT2D eigenvalue weighted by Crippen LogP contribution is -2.13. The van der Waals surface area contributed by atoms with Gasteiger partial charge in [-0.25, -0.2) is 4.79 Å². The number of aromatic carboxylic acids is 1. The standard InChI is InChI=1S/C20H12BNO3S2/c21-14-4-1-11(2-5-14)15-10-27-19(17(15)20(24)25)22-18(23)13-3-6-16-12(9-13)7-8-26-16/h1-10H,(H,22,23)(H,24,25). The molecule has 0 aliphatic heterocycles. The Labute approximate surface area is 164 Å². The van der Waals surface area contributed by atoms with Crippen LogP contribution in [-0.2, 0) is 0 Å². The summed E-state index contributed by atoms with van der Waals surface area (Å²) in [5.41, 5.74) is 2.45. The van der Waals surface area contributed by atoms with Gasteiger partial charge in [0.25, 0.3) is 5.91 Å². The first-order valence-corrected chi connectivity index (χ1v) is 9.78. The molecule has 0 aliphatic carbocycles. The van der Waals surface area contributed by atoms with Crippen molar-refractivity contribution >= 4 is 62.9 Å². The molecule has 27 heavy (non-hydrogen) atoms. The van der Waals surface area contributed by atoms with Crippen molar-refractivity contribution in [2.24, 2.45) is 0 Å². The van der Waals surface area contributed by atoms with E-state index in [0.29, 0.717) is 21.6 Å². The number of carbonyl (C=O) groups excluding carboxylic acids is 1. The van der Waals surface area contributed by atoms with Gasteiger partial charge in [-0.2, -0.15) is 0 Å². The summed E-state index contributed by atoms with van der Waals surface area (Å²) in [6.07, 6.45) is 0. The lowest BCUT2D eigenvalue weighted by atomic mass is 9.93. The van der Waals surface area contributed by atoms with E-state index < -0.39 is 5.97 Å². The summed E-state index contributed by atoms with van der Waals surface area (Å²) in [6.45, 7) is 0. The number of benzene rings is 2. The highest BCUT2D eigenvalue weighted by Gasteiger charge is 2.21. The van der Waals surface area contributed by atoms with E-state index in [1.54, 1.807) is 53.1 Å². The molecular weight excluding hydrogens is 377 g/mol. The Hall–Kier alpha value is -2.90. The van der Waals surface area contributed by atoms with Gasteiger partial charge in [0.2, 0.25) is 0 Å². The number of hydrogen-bond acceptors (Lipinski definition) is 4. The van der Waals surface area contributed by atoms with E-state index in [1.165, 1.54) is 11.3 Å². The molecule has 2 N–H and O–H groups in total. The van der Waals surface area contributed by atoms with Crippen molar-refractivity contribution < 1.29 is 14.7 Å². The van der Waals surface area contributed by atoms with Gasteiger partial charge in [0.05, 0.1) is 0 Å². The number of thiophene rings is 2. The molecule has 4 aromatic rings. The van der Waals surface area contributed by atoms with Crippen LogP contribution in [0.3, 0.4) is 0 Å². The fourth-order valence-electron chi connectivity index (χ4n) is 2.82. The van der Waals surface area contributed by atoms with E-state index in [2.05, 4.69) is 5.32 Å². The predicted molar refractivity (Wildman–Crippen MR) is 112 cm³/mol. The predicted octanol–water partition coefficient (Wildman–Crippen LogP) is 4.37. The zero-order chi connectivity index (χ0) is 19.0. The van der Waals surface area contributed by atoms with E-state index in [9.17, 15) is 14.7 Å². The molecule has 2 radical (unpaired) electrons. The quantitative estimate of drug-likeness (QED) is 0.510. The van der Waals surface area contributed by atoms with Gasteiger partial charge in [0.15, 0.2) is 0 Å². The Bertz CT molecular complexity index is 1160. The van der Waals surface area contributed by atoms with Gasteiger partial charge in [-0.1, -0.05) is 29.7 Å². The first-order valence-electron chi connectivity index (χ1n) is 8.02. The largest absolute Gasteiger partial charge is 0.478 e. The van der Waals surface area contributed by atoms with Crippen molar-refractivity contribution in [2.45, 2.75) is 0 Å². The smallest absolute Gasteiger partial charge is 0.339 e. The number of carboxylic acids is 1. The van der Waals surface area contributed by atoms with Crippen LogP contribution in [0, 0.1) is 0 Å². The minimum Gasteiger partial charge on any atom is -0.478 e. The summed E-state index contributed by atoms with van der Waals surface area (Å²) >= 11 is 2.79. The number of carbonyl (C=O) groups is 2. The SMILES string of the molecule is [B]c1ccc(-c2csc(NC(=O)c3ccc4sccc4c3)c2C(=O)O)cc1. The van der Waals surface area contributed by atoms with Gasteiger partial charge < -0.3 is 10.4 Å². The molecule has 0 saturated carbocycles. The van der Waals surface area contributed by atoms with Crippen LogP contribution in [0.25, 0.3) is 21.2 Å². The number of nitrogens with one attached hydrogen (secondary N) is 1. The van der Waals surface area contributed by atoms with Crippen molar-refractivity contribution in [3.8, 4) is 11.1 Å². The Morgan fingerprint density at radius 1 is 1.00 bits per heavy atom. The fraction of sp³-hybridized carbons (Fsp3) is 0. The van der Waals surface area contributed by atoms with Gasteiger partial charge >= 0.3 is 5.97 Å². The van der Waals surface area contributed by atoms with Crippen molar-refractivity contribution in [3.05, 3.63) is 70.4 Å². The van der Waals surface area contributed by atoms with Gasteiger partial charge in [0, 0.05) is 21.2 Å². The van der Waals surface area contributed by atoms with Crippen LogP contribution in [0.2, 0.25) is 0 Å². The summed E-state index contributed by atoms with van der Waals surface area (Å²) in [5, 5.41) is 17.4. The monoisotopic (exact) mass is 389 g/mol. The van der Waals surface area contributed by atoms with Crippen molar-refractivity contribution in [3.63, 3.8) is 0 Å². The second-order valence-electron chi connectivity index (χ2n) is 5.91. The Kier molecular flexibility index (Phi) is 4.55. The molecule has 0 saturated heterocycles. The third-order valence-electron chi connectivity index (χ3n) is 4.17. The Morgan fingerprint density at radius 3 is 2.52 bits per heavy atom. The van der Waals surface area contributed by atoms with Crippen LogP contribution in [0.5, 0.6) is 0 Å². The van der Waals surface area contributed by atoms with E-state index in [-0.39, 0.29) is 11.5 Å². The van der Waals surface area contributed by atoms with Crippen molar-refractivity contribution in [1.29, 1.82) is 0 Å². The molecule has 2 heterocycles. The van der Waals surface area contributed by atoms with Crippen molar-refractivity contribution in [2.75, 3.05) is 5.32 Å². The maximum absolute atomic E-state index is 12.6. The highest BCUT2D eigenvalue weighted by molar-refractivity contribution is 7.17. The van der Waals surface area contributed by atoms with Crippen LogP contribution in [0.4, 0.5) is 5.00 Å². The molecule has 0 aliphatic rings. The summed E-state index contributed by atoms with van der Waals surface area (Å²) in [5.74, 6) is -1.43. The lowest BCUT2D eigenvalue weighted by molar-refractivity contribution is 0.0699. The lowest BCUT2D eigenvalue weighted by Gasteiger charge is -2.07. The maximum Gasteiger partial charge on any atom is 0.339 e. The van der Waals surface area contributed by atoms with E-state index in [4.69, 9.17) is 7.85 Å². The normalized spacial score (nSPS) is 10.8. The van der Waals surface area contributed by atoms with E-state index >= 15 is 0 Å². The average Bonchev–Trinajstić information content (AvgIpc) is 3.28. The molecule has 2 aromatic heterocycles. The van der Waals surface area contributed by atoms with Gasteiger partial charge in [-0.3, -0.25) is 4.79 Å². The van der Waals surface area contributed by atoms with Crippen LogP contribution in [-0.4, -0.2) is 24.8 Å². The number of hydrogen-bond donors (Lipinski definition) is 2. The molecule has 0 atom stereocenters. The second-order valence-corrected chi connectivity index (χ2v) is 7.74. The molecule has 0 bridgehead atoms. The van der Waals surface area contributed by atoms with Crippen molar-refractivity contribution in [1.82, 2.24) is 0 Å². The number of carboxylic acid groups (broad SMARTS) is 1. The molecule has 7 heteroatoms. The summed E-state index contributed by atoms with van der Waals surface area (Å²) in [4.78, 5) is 24.5. The first-order chi connectivity index (χ1) is 13.0. The molecule has 1 amide bonds. The molecule has 130 valence electrons. The Balaban J connectivity index is 1.68.